The summed E-state index contributed by atoms with van der Waals surface area (Å²) in [5.41, 5.74) is 4.39. The first-order valence-electron chi connectivity index (χ1n) is 16.0. The van der Waals surface area contributed by atoms with Gasteiger partial charge in [0.15, 0.2) is 12.1 Å². The number of hydrogen-bond acceptors (Lipinski definition) is 14. The molecule has 1 saturated heterocycles. The van der Waals surface area contributed by atoms with Gasteiger partial charge in [-0.05, 0) is 13.0 Å². The maximum atomic E-state index is 13.9. The molecule has 0 bridgehead atoms. The van der Waals surface area contributed by atoms with Crippen molar-refractivity contribution in [2.75, 3.05) is 13.7 Å². The van der Waals surface area contributed by atoms with Gasteiger partial charge in [-0.15, -0.1) is 0 Å². The number of aliphatic hydroxyl groups is 3. The van der Waals surface area contributed by atoms with Crippen molar-refractivity contribution >= 4 is 29.0 Å². The fourth-order valence-corrected chi connectivity index (χ4v) is 6.61. The van der Waals surface area contributed by atoms with Gasteiger partial charge in [0.2, 0.25) is 11.7 Å². The van der Waals surface area contributed by atoms with Crippen LogP contribution in [0, 0.1) is 5.92 Å². The van der Waals surface area contributed by atoms with Crippen LogP contribution in [0.25, 0.3) is 0 Å². The molecule has 15 heteroatoms. The summed E-state index contributed by atoms with van der Waals surface area (Å²) in [4.78, 5) is 52.2. The Morgan fingerprint density at radius 2 is 1.82 bits per heavy atom. The van der Waals surface area contributed by atoms with Crippen molar-refractivity contribution < 1.29 is 58.9 Å². The van der Waals surface area contributed by atoms with E-state index < -0.39 is 95.8 Å². The molecule has 49 heavy (non-hydrogen) atoms. The lowest BCUT2D eigenvalue weighted by Crippen LogP contribution is -2.53. The molecule has 0 aromatic heterocycles. The van der Waals surface area contributed by atoms with Crippen molar-refractivity contribution in [3.63, 3.8) is 0 Å². The number of nitrogens with one attached hydrogen (secondary N) is 1. The molecular formula is C34H41N3O12. The van der Waals surface area contributed by atoms with Crippen LogP contribution < -0.4 is 15.9 Å². The Labute approximate surface area is 281 Å². The van der Waals surface area contributed by atoms with Gasteiger partial charge >= 0.3 is 0 Å². The maximum absolute atomic E-state index is 13.9. The van der Waals surface area contributed by atoms with Gasteiger partial charge in [-0.25, -0.2) is 5.43 Å². The number of benzene rings is 2. The Morgan fingerprint density at radius 3 is 2.45 bits per heavy atom. The smallest absolute Gasteiger partial charge is 0.240 e. The minimum Gasteiger partial charge on any atom is -0.507 e. The number of ether oxygens (including phenoxy) is 3. The molecule has 264 valence electrons. The second-order valence-corrected chi connectivity index (χ2v) is 13.0. The van der Waals surface area contributed by atoms with Crippen molar-refractivity contribution in [1.82, 2.24) is 5.43 Å². The molecule has 0 spiro atoms. The number of aromatic hydroxyl groups is 2. The van der Waals surface area contributed by atoms with Gasteiger partial charge in [0.05, 0.1) is 54.4 Å². The van der Waals surface area contributed by atoms with Crippen LogP contribution in [0.5, 0.6) is 17.2 Å². The van der Waals surface area contributed by atoms with E-state index in [2.05, 4.69) is 10.5 Å². The summed E-state index contributed by atoms with van der Waals surface area (Å²) in [5, 5.41) is 60.1. The number of carbonyl (C=O) groups excluding carboxylic acids is 4. The Bertz CT molecular complexity index is 1710. The molecule has 3 aliphatic rings. The van der Waals surface area contributed by atoms with Crippen molar-refractivity contribution in [3.8, 4) is 17.2 Å². The zero-order valence-corrected chi connectivity index (χ0v) is 27.6. The third-order valence-corrected chi connectivity index (χ3v) is 9.39. The molecule has 1 aliphatic heterocycles. The van der Waals surface area contributed by atoms with Crippen LogP contribution in [0.4, 0.5) is 0 Å². The number of hydrogen-bond donors (Lipinski definition) is 7. The first-order valence-corrected chi connectivity index (χ1v) is 16.0. The normalized spacial score (nSPS) is 26.6. The van der Waals surface area contributed by atoms with Gasteiger partial charge < -0.3 is 45.5 Å². The highest BCUT2D eigenvalue weighted by Crippen LogP contribution is 2.52. The van der Waals surface area contributed by atoms with Crippen molar-refractivity contribution in [2.45, 2.75) is 89.1 Å². The largest absolute Gasteiger partial charge is 0.507 e. The summed E-state index contributed by atoms with van der Waals surface area (Å²) in [6, 6.07) is 3.59. The van der Waals surface area contributed by atoms with Crippen LogP contribution >= 0.6 is 0 Å². The van der Waals surface area contributed by atoms with Crippen LogP contribution in [0.3, 0.4) is 0 Å². The van der Waals surface area contributed by atoms with E-state index in [-0.39, 0.29) is 64.7 Å². The SMILES string of the molecule is COc1cccc2c1C(=O)c1c(O)c3c(c(O)c1C2=O)C[C@@](O)(/C(CO)=N/NC(=O)CCC(=O)C(C)C)C[C@@H]3O[C@H]1C[C@H](N)[C@H](O)[C@H](C)O1. The van der Waals surface area contributed by atoms with E-state index in [1.54, 1.807) is 20.8 Å². The summed E-state index contributed by atoms with van der Waals surface area (Å²) in [7, 11) is 1.32. The summed E-state index contributed by atoms with van der Waals surface area (Å²) in [6.07, 6.45) is -5.48. The summed E-state index contributed by atoms with van der Waals surface area (Å²) < 4.78 is 17.3. The third kappa shape index (κ3) is 6.57. The van der Waals surface area contributed by atoms with Crippen molar-refractivity contribution in [1.29, 1.82) is 0 Å². The number of nitrogens with zero attached hydrogens (tertiary/aromatic N) is 1. The molecule has 0 radical (unpaired) electrons. The van der Waals surface area contributed by atoms with Crippen molar-refractivity contribution in [3.05, 3.63) is 51.6 Å². The summed E-state index contributed by atoms with van der Waals surface area (Å²) >= 11 is 0. The standard InChI is InChI=1S/C34H41N3O12/c1-14(2)19(39)8-9-23(40)37-36-22(13-38)34(46)11-17-26(21(12-34)49-24-10-18(35)29(41)15(3)48-24)33(45)28-27(31(17)43)30(42)16-6-5-7-20(47-4)25(16)32(28)44/h5-7,14-15,18,21,24,29,38,41,43,45-46H,8-13,35H2,1-4H3,(H,37,40)/b36-22+/t15-,18-,21-,24-,29+,34-/m0/s1. The third-order valence-electron chi connectivity index (χ3n) is 9.39. The molecule has 2 aromatic carbocycles. The Morgan fingerprint density at radius 1 is 1.12 bits per heavy atom. The number of phenolic OH excluding ortho intramolecular Hbond substituents is 2. The zero-order valence-electron chi connectivity index (χ0n) is 27.6. The molecule has 0 saturated carbocycles. The predicted molar refractivity (Wildman–Crippen MR) is 171 cm³/mol. The number of amides is 1. The lowest BCUT2D eigenvalue weighted by atomic mass is 9.71. The quantitative estimate of drug-likeness (QED) is 0.0893. The maximum Gasteiger partial charge on any atom is 0.240 e. The highest BCUT2D eigenvalue weighted by molar-refractivity contribution is 6.31. The first kappa shape index (κ1) is 36.0. The predicted octanol–water partition coefficient (Wildman–Crippen LogP) is 0.910. The number of fused-ring (bicyclic) bond motifs is 3. The molecule has 5 rings (SSSR count). The van der Waals surface area contributed by atoms with E-state index >= 15 is 0 Å². The van der Waals surface area contributed by atoms with E-state index in [4.69, 9.17) is 19.9 Å². The van der Waals surface area contributed by atoms with Gasteiger partial charge in [0.25, 0.3) is 0 Å². The van der Waals surface area contributed by atoms with E-state index in [9.17, 15) is 44.7 Å². The van der Waals surface area contributed by atoms with Gasteiger partial charge in [-0.1, -0.05) is 26.0 Å². The van der Waals surface area contributed by atoms with Crippen LogP contribution in [0.15, 0.2) is 23.3 Å². The highest BCUT2D eigenvalue weighted by atomic mass is 16.7. The molecule has 6 atom stereocenters. The zero-order chi connectivity index (χ0) is 35.9. The Kier molecular flexibility index (Phi) is 10.2. The van der Waals surface area contributed by atoms with Crippen molar-refractivity contribution in [2.24, 2.45) is 16.8 Å². The number of hydrazone groups is 1. The molecular weight excluding hydrogens is 642 g/mol. The second-order valence-electron chi connectivity index (χ2n) is 13.0. The molecule has 0 unspecified atom stereocenters. The number of phenols is 2. The molecule has 8 N–H and O–H groups in total. The Balaban J connectivity index is 1.60. The first-order chi connectivity index (χ1) is 23.1. The average Bonchev–Trinajstić information content (AvgIpc) is 3.05. The molecule has 15 nitrogen and oxygen atoms in total. The topological polar surface area (TPSA) is 248 Å². The van der Waals surface area contributed by atoms with E-state index in [1.165, 1.54) is 25.3 Å². The number of carbonyl (C=O) groups is 4. The van der Waals surface area contributed by atoms with Gasteiger partial charge in [-0.3, -0.25) is 19.2 Å². The van der Waals surface area contributed by atoms with Crippen LogP contribution in [-0.4, -0.2) is 98.4 Å². The van der Waals surface area contributed by atoms with Crippen LogP contribution in [0.1, 0.15) is 95.5 Å². The minimum absolute atomic E-state index is 0.0124. The second kappa shape index (κ2) is 13.9. The lowest BCUT2D eigenvalue weighted by molar-refractivity contribution is -0.245. The van der Waals surface area contributed by atoms with Gasteiger partial charge in [-0.2, -0.15) is 5.10 Å². The number of aliphatic hydroxyl groups excluding tert-OH is 2. The summed E-state index contributed by atoms with van der Waals surface area (Å²) in [6.45, 7) is 4.11. The van der Waals surface area contributed by atoms with Crippen LogP contribution in [0.2, 0.25) is 0 Å². The Hall–Kier alpha value is -4.25. The number of rotatable bonds is 10. The number of methoxy groups -OCH3 is 1. The molecule has 1 fully saturated rings. The van der Waals surface area contributed by atoms with Gasteiger partial charge in [0, 0.05) is 60.8 Å². The number of nitrogens with two attached hydrogens (primary N) is 1. The molecule has 2 aromatic rings. The van der Waals surface area contributed by atoms with Gasteiger partial charge in [0.1, 0.15) is 28.6 Å². The fraction of sp³-hybridized carbons (Fsp3) is 0.500. The van der Waals surface area contributed by atoms with E-state index in [0.717, 1.165) is 0 Å². The molecule has 1 amide bonds. The highest BCUT2D eigenvalue weighted by Gasteiger charge is 2.49. The van der Waals surface area contributed by atoms with E-state index in [1.807, 2.05) is 0 Å². The average molecular weight is 684 g/mol. The fourth-order valence-electron chi connectivity index (χ4n) is 6.61. The molecule has 1 heterocycles. The van der Waals surface area contributed by atoms with E-state index in [0.29, 0.717) is 0 Å². The number of ketones is 3. The van der Waals surface area contributed by atoms with Crippen LogP contribution in [-0.2, 0) is 25.5 Å². The lowest BCUT2D eigenvalue weighted by Gasteiger charge is -2.43. The summed E-state index contributed by atoms with van der Waals surface area (Å²) in [5.74, 6) is -3.94. The number of Topliss-reactive ketones (excluding diaryl/α,β-unsaturated/α-hetero) is 1. The minimum atomic E-state index is -2.16. The molecule has 2 aliphatic carbocycles. The monoisotopic (exact) mass is 683 g/mol.